The number of aromatic nitrogens is 2. The molecule has 2 amide bonds. The first kappa shape index (κ1) is 23.1. The molecule has 1 unspecified atom stereocenters. The van der Waals surface area contributed by atoms with Crippen molar-refractivity contribution in [2.75, 3.05) is 45.7 Å². The monoisotopic (exact) mass is 469 g/mol. The fourth-order valence-electron chi connectivity index (χ4n) is 3.84. The van der Waals surface area contributed by atoms with Gasteiger partial charge in [0.25, 0.3) is 0 Å². The minimum absolute atomic E-state index is 0.0170. The van der Waals surface area contributed by atoms with Gasteiger partial charge in [-0.25, -0.2) is 19.2 Å². The van der Waals surface area contributed by atoms with Gasteiger partial charge in [-0.3, -0.25) is 0 Å². The third kappa shape index (κ3) is 5.85. The molecule has 0 saturated carbocycles. The first-order valence-corrected chi connectivity index (χ1v) is 11.7. The Morgan fingerprint density at radius 1 is 1.27 bits per heavy atom. The minimum atomic E-state index is -0.256. The van der Waals surface area contributed by atoms with Crippen LogP contribution in [0.1, 0.15) is 11.3 Å². The molecule has 4 rings (SSSR count). The average molecular weight is 470 g/mol. The lowest BCUT2D eigenvalue weighted by Crippen LogP contribution is -2.42. The molecule has 1 aliphatic rings. The van der Waals surface area contributed by atoms with Gasteiger partial charge in [-0.15, -0.1) is 0 Å². The van der Waals surface area contributed by atoms with E-state index in [1.807, 2.05) is 17.9 Å². The summed E-state index contributed by atoms with van der Waals surface area (Å²) in [7, 11) is 3.54. The van der Waals surface area contributed by atoms with Crippen LogP contribution in [-0.4, -0.2) is 66.2 Å². The standard InChI is InChI=1S/C24H28FN5O2S/c1-16-19(12-17-14-30(10-11-32-15-17)24(31)29(2)3)6-9-22(27-16)28-23-26-13-21(33-23)18-4-7-20(25)8-5-18/h4-9,13,17H,10-12,14-15H2,1-3H3,(H,26,27,28). The summed E-state index contributed by atoms with van der Waals surface area (Å²) in [6.07, 6.45) is 2.57. The number of carbonyl (C=O) groups is 1. The summed E-state index contributed by atoms with van der Waals surface area (Å²) in [6.45, 7) is 4.46. The van der Waals surface area contributed by atoms with Gasteiger partial charge in [0, 0.05) is 45.0 Å². The van der Waals surface area contributed by atoms with E-state index in [-0.39, 0.29) is 17.8 Å². The quantitative estimate of drug-likeness (QED) is 0.593. The summed E-state index contributed by atoms with van der Waals surface area (Å²) in [4.78, 5) is 25.9. The third-order valence-corrected chi connectivity index (χ3v) is 6.53. The SMILES string of the molecule is Cc1nc(Nc2ncc(-c3ccc(F)cc3)s2)ccc1CC1COCCN(C(=O)N(C)C)C1. The first-order valence-electron chi connectivity index (χ1n) is 10.9. The fraction of sp³-hybridized carbons (Fsp3) is 0.375. The molecule has 1 aliphatic heterocycles. The van der Waals surface area contributed by atoms with Crippen molar-refractivity contribution in [1.82, 2.24) is 19.8 Å². The van der Waals surface area contributed by atoms with Crippen LogP contribution in [0.5, 0.6) is 0 Å². The highest BCUT2D eigenvalue weighted by Crippen LogP contribution is 2.30. The largest absolute Gasteiger partial charge is 0.379 e. The van der Waals surface area contributed by atoms with Gasteiger partial charge in [0.2, 0.25) is 0 Å². The number of anilines is 2. The van der Waals surface area contributed by atoms with Gasteiger partial charge in [-0.05, 0) is 42.7 Å². The van der Waals surface area contributed by atoms with E-state index in [0.717, 1.165) is 39.1 Å². The number of nitrogens with one attached hydrogen (secondary N) is 1. The van der Waals surface area contributed by atoms with E-state index in [1.165, 1.54) is 23.5 Å². The Balaban J connectivity index is 1.41. The van der Waals surface area contributed by atoms with Crippen LogP contribution in [0.3, 0.4) is 0 Å². The predicted molar refractivity (Wildman–Crippen MR) is 128 cm³/mol. The van der Waals surface area contributed by atoms with Gasteiger partial charge in [0.05, 0.1) is 18.1 Å². The Morgan fingerprint density at radius 3 is 2.79 bits per heavy atom. The molecule has 1 saturated heterocycles. The highest BCUT2D eigenvalue weighted by Gasteiger charge is 2.24. The topological polar surface area (TPSA) is 70.6 Å². The highest BCUT2D eigenvalue weighted by atomic mass is 32.1. The van der Waals surface area contributed by atoms with Crippen LogP contribution < -0.4 is 5.32 Å². The second-order valence-corrected chi connectivity index (χ2v) is 9.40. The van der Waals surface area contributed by atoms with Crippen LogP contribution >= 0.6 is 11.3 Å². The number of hydrogen-bond acceptors (Lipinski definition) is 6. The van der Waals surface area contributed by atoms with E-state index in [0.29, 0.717) is 26.3 Å². The van der Waals surface area contributed by atoms with Crippen molar-refractivity contribution in [3.63, 3.8) is 0 Å². The Kier molecular flexibility index (Phi) is 7.20. The number of nitrogens with zero attached hydrogens (tertiary/aromatic N) is 4. The van der Waals surface area contributed by atoms with Crippen molar-refractivity contribution in [1.29, 1.82) is 0 Å². The fourth-order valence-corrected chi connectivity index (χ4v) is 4.66. The second kappa shape index (κ2) is 10.3. The summed E-state index contributed by atoms with van der Waals surface area (Å²) in [5, 5.41) is 3.99. The van der Waals surface area contributed by atoms with Crippen LogP contribution in [0.4, 0.5) is 20.1 Å². The van der Waals surface area contributed by atoms with Gasteiger partial charge in [-0.1, -0.05) is 29.5 Å². The first-order chi connectivity index (χ1) is 15.9. The smallest absolute Gasteiger partial charge is 0.319 e. The van der Waals surface area contributed by atoms with Crippen LogP contribution in [-0.2, 0) is 11.2 Å². The number of aryl methyl sites for hydroxylation is 1. The number of hydrogen-bond donors (Lipinski definition) is 1. The number of amides is 2. The number of pyridine rings is 1. The van der Waals surface area contributed by atoms with E-state index in [4.69, 9.17) is 9.72 Å². The van der Waals surface area contributed by atoms with E-state index in [2.05, 4.69) is 16.4 Å². The molecule has 7 nitrogen and oxygen atoms in total. The second-order valence-electron chi connectivity index (χ2n) is 8.37. The lowest BCUT2D eigenvalue weighted by Gasteiger charge is -2.26. The Morgan fingerprint density at radius 2 is 2.06 bits per heavy atom. The molecule has 3 aromatic rings. The number of halogens is 1. The third-order valence-electron chi connectivity index (χ3n) is 5.56. The Hall–Kier alpha value is -3.04. The van der Waals surface area contributed by atoms with E-state index < -0.39 is 0 Å². The molecule has 33 heavy (non-hydrogen) atoms. The van der Waals surface area contributed by atoms with Gasteiger partial charge < -0.3 is 19.9 Å². The van der Waals surface area contributed by atoms with Gasteiger partial charge in [0.15, 0.2) is 5.13 Å². The van der Waals surface area contributed by atoms with Crippen LogP contribution in [0.2, 0.25) is 0 Å². The molecule has 1 fully saturated rings. The average Bonchev–Trinajstić information content (AvgIpc) is 3.12. The maximum Gasteiger partial charge on any atom is 0.319 e. The van der Waals surface area contributed by atoms with Crippen molar-refractivity contribution in [3.05, 3.63) is 59.7 Å². The molecule has 0 bridgehead atoms. The molecular formula is C24H28FN5O2S. The predicted octanol–water partition coefficient (Wildman–Crippen LogP) is 4.57. The summed E-state index contributed by atoms with van der Waals surface area (Å²) >= 11 is 1.49. The molecule has 1 atom stereocenters. The lowest BCUT2D eigenvalue weighted by molar-refractivity contribution is 0.121. The lowest BCUT2D eigenvalue weighted by atomic mass is 9.98. The van der Waals surface area contributed by atoms with E-state index >= 15 is 0 Å². The van der Waals surface area contributed by atoms with Crippen molar-refractivity contribution >= 4 is 28.3 Å². The van der Waals surface area contributed by atoms with Crippen LogP contribution in [0.15, 0.2) is 42.6 Å². The minimum Gasteiger partial charge on any atom is -0.379 e. The molecule has 2 aromatic heterocycles. The number of carbonyl (C=O) groups excluding carboxylic acids is 1. The molecule has 1 N–H and O–H groups in total. The zero-order chi connectivity index (χ0) is 23.4. The Bertz CT molecular complexity index is 1100. The zero-order valence-electron chi connectivity index (χ0n) is 19.0. The number of benzene rings is 1. The summed E-state index contributed by atoms with van der Waals surface area (Å²) in [5.74, 6) is 0.680. The van der Waals surface area contributed by atoms with E-state index in [1.54, 1.807) is 37.3 Å². The number of rotatable bonds is 5. The Labute approximate surface area is 197 Å². The van der Waals surface area contributed by atoms with E-state index in [9.17, 15) is 9.18 Å². The van der Waals surface area contributed by atoms with Crippen molar-refractivity contribution in [2.24, 2.45) is 5.92 Å². The molecular weight excluding hydrogens is 441 g/mol. The van der Waals surface area contributed by atoms with Gasteiger partial charge in [0.1, 0.15) is 11.6 Å². The number of thiazole rings is 1. The molecule has 0 spiro atoms. The molecule has 0 radical (unpaired) electrons. The number of ether oxygens (including phenoxy) is 1. The highest BCUT2D eigenvalue weighted by molar-refractivity contribution is 7.18. The summed E-state index contributed by atoms with van der Waals surface area (Å²) in [5.41, 5.74) is 3.00. The molecule has 174 valence electrons. The molecule has 3 heterocycles. The molecule has 1 aromatic carbocycles. The molecule has 0 aliphatic carbocycles. The number of urea groups is 1. The van der Waals surface area contributed by atoms with Gasteiger partial charge in [-0.2, -0.15) is 0 Å². The van der Waals surface area contributed by atoms with Crippen LogP contribution in [0, 0.1) is 18.7 Å². The van der Waals surface area contributed by atoms with Crippen molar-refractivity contribution in [2.45, 2.75) is 13.3 Å². The van der Waals surface area contributed by atoms with Crippen LogP contribution in [0.25, 0.3) is 10.4 Å². The zero-order valence-corrected chi connectivity index (χ0v) is 19.9. The maximum atomic E-state index is 13.2. The normalized spacial score (nSPS) is 16.4. The van der Waals surface area contributed by atoms with Crippen molar-refractivity contribution < 1.29 is 13.9 Å². The maximum absolute atomic E-state index is 13.2. The summed E-state index contributed by atoms with van der Waals surface area (Å²) < 4.78 is 18.9. The van der Waals surface area contributed by atoms with Crippen molar-refractivity contribution in [3.8, 4) is 10.4 Å². The van der Waals surface area contributed by atoms with Gasteiger partial charge >= 0.3 is 6.03 Å². The molecule has 9 heteroatoms. The summed E-state index contributed by atoms with van der Waals surface area (Å²) in [6, 6.07) is 10.4.